The molecule has 1 fully saturated rings. The predicted octanol–water partition coefficient (Wildman–Crippen LogP) is 4.11. The fourth-order valence-corrected chi connectivity index (χ4v) is 3.47. The minimum Gasteiger partial charge on any atom is -0.299 e. The summed E-state index contributed by atoms with van der Waals surface area (Å²) in [6.45, 7) is 4.43. The first kappa shape index (κ1) is 12.0. The number of ketones is 1. The van der Waals surface area contributed by atoms with Crippen LogP contribution in [0.2, 0.25) is 0 Å². The Hall–Kier alpha value is -1.11. The van der Waals surface area contributed by atoms with Crippen molar-refractivity contribution in [3.05, 3.63) is 35.4 Å². The molecule has 0 spiro atoms. The van der Waals surface area contributed by atoms with Crippen molar-refractivity contribution in [1.82, 2.24) is 0 Å². The van der Waals surface area contributed by atoms with Crippen molar-refractivity contribution in [2.75, 3.05) is 0 Å². The lowest BCUT2D eigenvalue weighted by Gasteiger charge is -2.25. The Labute approximate surface area is 110 Å². The molecule has 0 bridgehead atoms. The summed E-state index contributed by atoms with van der Waals surface area (Å²) in [5.74, 6) is 1.33. The van der Waals surface area contributed by atoms with Gasteiger partial charge in [-0.15, -0.1) is 0 Å². The summed E-state index contributed by atoms with van der Waals surface area (Å²) in [7, 11) is 0. The second-order valence-electron chi connectivity index (χ2n) is 6.70. The smallest absolute Gasteiger partial charge is 0.137 e. The molecule has 2 aliphatic rings. The molecule has 2 aliphatic carbocycles. The van der Waals surface area contributed by atoms with Crippen molar-refractivity contribution in [1.29, 1.82) is 0 Å². The van der Waals surface area contributed by atoms with Gasteiger partial charge in [0.15, 0.2) is 0 Å². The Morgan fingerprint density at radius 1 is 1.33 bits per heavy atom. The lowest BCUT2D eigenvalue weighted by atomic mass is 9.79. The molecule has 0 heterocycles. The van der Waals surface area contributed by atoms with E-state index in [0.717, 1.165) is 12.8 Å². The van der Waals surface area contributed by atoms with E-state index in [0.29, 0.717) is 17.6 Å². The largest absolute Gasteiger partial charge is 0.299 e. The summed E-state index contributed by atoms with van der Waals surface area (Å²) in [5.41, 5.74) is 3.19. The van der Waals surface area contributed by atoms with E-state index in [-0.39, 0.29) is 5.41 Å². The fraction of sp³-hybridized carbons (Fsp3) is 0.588. The van der Waals surface area contributed by atoms with Gasteiger partial charge in [-0.2, -0.15) is 0 Å². The molecule has 0 aromatic heterocycles. The van der Waals surface area contributed by atoms with Crippen LogP contribution in [0.25, 0.3) is 0 Å². The third kappa shape index (κ3) is 2.11. The average molecular weight is 242 g/mol. The van der Waals surface area contributed by atoms with Crippen LogP contribution in [0.4, 0.5) is 0 Å². The molecular weight excluding hydrogens is 220 g/mol. The van der Waals surface area contributed by atoms with Gasteiger partial charge in [0.05, 0.1) is 0 Å². The van der Waals surface area contributed by atoms with Gasteiger partial charge in [-0.1, -0.05) is 38.1 Å². The molecule has 96 valence electrons. The van der Waals surface area contributed by atoms with Gasteiger partial charge in [-0.25, -0.2) is 0 Å². The number of hydrogen-bond donors (Lipinski definition) is 0. The molecule has 2 atom stereocenters. The molecule has 1 saturated carbocycles. The fourth-order valence-electron chi connectivity index (χ4n) is 3.47. The number of rotatable bonds is 3. The summed E-state index contributed by atoms with van der Waals surface area (Å²) in [5, 5.41) is 0. The van der Waals surface area contributed by atoms with Crippen LogP contribution in [0.5, 0.6) is 0 Å². The monoisotopic (exact) mass is 242 g/mol. The quantitative estimate of drug-likeness (QED) is 0.779. The summed E-state index contributed by atoms with van der Waals surface area (Å²) in [6, 6.07) is 8.69. The Morgan fingerprint density at radius 3 is 2.78 bits per heavy atom. The number of aryl methyl sites for hydroxylation is 1. The van der Waals surface area contributed by atoms with E-state index in [2.05, 4.69) is 38.1 Å². The highest BCUT2D eigenvalue weighted by Crippen LogP contribution is 2.53. The number of hydrogen-bond acceptors (Lipinski definition) is 1. The topological polar surface area (TPSA) is 17.1 Å². The van der Waals surface area contributed by atoms with Crippen molar-refractivity contribution >= 4 is 5.78 Å². The van der Waals surface area contributed by atoms with Crippen LogP contribution in [0.3, 0.4) is 0 Å². The number of fused-ring (bicyclic) bond motifs is 1. The van der Waals surface area contributed by atoms with Gasteiger partial charge in [-0.05, 0) is 48.1 Å². The van der Waals surface area contributed by atoms with Crippen LogP contribution in [0, 0.1) is 11.3 Å². The number of benzene rings is 1. The maximum absolute atomic E-state index is 12.3. The van der Waals surface area contributed by atoms with Crippen LogP contribution in [0.1, 0.15) is 56.6 Å². The highest BCUT2D eigenvalue weighted by atomic mass is 16.1. The maximum atomic E-state index is 12.3. The zero-order valence-corrected chi connectivity index (χ0v) is 11.4. The zero-order chi connectivity index (χ0) is 12.8. The molecule has 1 aromatic carbocycles. The standard InChI is InChI=1S/C17H22O/c1-17(2)11-15(17)16(18)10-13-8-5-7-12-6-3-4-9-14(12)13/h3-4,6,9,13,15H,5,7-8,10-11H2,1-2H3. The SMILES string of the molecule is CC1(C)CC1C(=O)CC1CCCc2ccccc21. The summed E-state index contributed by atoms with van der Waals surface area (Å²) in [6.07, 6.45) is 5.49. The molecular formula is C17H22O. The Morgan fingerprint density at radius 2 is 2.06 bits per heavy atom. The third-order valence-electron chi connectivity index (χ3n) is 4.84. The normalized spacial score (nSPS) is 28.6. The molecule has 3 rings (SSSR count). The van der Waals surface area contributed by atoms with Crippen LogP contribution in [-0.2, 0) is 11.2 Å². The van der Waals surface area contributed by atoms with Gasteiger partial charge in [0.25, 0.3) is 0 Å². The van der Waals surface area contributed by atoms with Crippen LogP contribution >= 0.6 is 0 Å². The first-order valence-electron chi connectivity index (χ1n) is 7.18. The summed E-state index contributed by atoms with van der Waals surface area (Å²) < 4.78 is 0. The average Bonchev–Trinajstić information content (AvgIpc) is 2.99. The maximum Gasteiger partial charge on any atom is 0.137 e. The van der Waals surface area contributed by atoms with Gasteiger partial charge < -0.3 is 0 Å². The molecule has 1 nitrogen and oxygen atoms in total. The van der Waals surface area contributed by atoms with Crippen molar-refractivity contribution in [2.45, 2.75) is 51.9 Å². The minimum atomic E-state index is 0.283. The summed E-state index contributed by atoms with van der Waals surface area (Å²) >= 11 is 0. The van der Waals surface area contributed by atoms with Crippen molar-refractivity contribution in [2.24, 2.45) is 11.3 Å². The van der Waals surface area contributed by atoms with Crippen molar-refractivity contribution in [3.63, 3.8) is 0 Å². The van der Waals surface area contributed by atoms with Crippen LogP contribution in [0.15, 0.2) is 24.3 Å². The lowest BCUT2D eigenvalue weighted by Crippen LogP contribution is -2.16. The van der Waals surface area contributed by atoms with E-state index >= 15 is 0 Å². The van der Waals surface area contributed by atoms with E-state index < -0.39 is 0 Å². The molecule has 0 saturated heterocycles. The van der Waals surface area contributed by atoms with E-state index in [1.807, 2.05) is 0 Å². The highest BCUT2D eigenvalue weighted by Gasteiger charge is 2.50. The van der Waals surface area contributed by atoms with Gasteiger partial charge in [0, 0.05) is 12.3 Å². The molecule has 0 aliphatic heterocycles. The zero-order valence-electron chi connectivity index (χ0n) is 11.4. The molecule has 18 heavy (non-hydrogen) atoms. The number of Topliss-reactive ketones (excluding diaryl/α,β-unsaturated/α-hetero) is 1. The molecule has 2 unspecified atom stereocenters. The first-order valence-corrected chi connectivity index (χ1v) is 7.18. The highest BCUT2D eigenvalue weighted by molar-refractivity contribution is 5.85. The minimum absolute atomic E-state index is 0.283. The first-order chi connectivity index (χ1) is 8.58. The van der Waals surface area contributed by atoms with Crippen molar-refractivity contribution < 1.29 is 4.79 Å². The number of carbonyl (C=O) groups excluding carboxylic acids is 1. The van der Waals surface area contributed by atoms with E-state index in [1.165, 1.54) is 30.4 Å². The summed E-state index contributed by atoms with van der Waals surface area (Å²) in [4.78, 5) is 12.3. The molecule has 1 heteroatoms. The van der Waals surface area contributed by atoms with Crippen molar-refractivity contribution in [3.8, 4) is 0 Å². The van der Waals surface area contributed by atoms with Crippen LogP contribution in [-0.4, -0.2) is 5.78 Å². The van der Waals surface area contributed by atoms with E-state index in [4.69, 9.17) is 0 Å². The Kier molecular flexibility index (Phi) is 2.80. The molecule has 1 aromatic rings. The van der Waals surface area contributed by atoms with Gasteiger partial charge in [-0.3, -0.25) is 4.79 Å². The second-order valence-corrected chi connectivity index (χ2v) is 6.70. The Bertz CT molecular complexity index is 472. The number of carbonyl (C=O) groups is 1. The predicted molar refractivity (Wildman–Crippen MR) is 73.6 cm³/mol. The lowest BCUT2D eigenvalue weighted by molar-refractivity contribution is -0.121. The Balaban J connectivity index is 1.73. The molecule has 0 radical (unpaired) electrons. The van der Waals surface area contributed by atoms with Crippen LogP contribution < -0.4 is 0 Å². The van der Waals surface area contributed by atoms with E-state index in [9.17, 15) is 4.79 Å². The molecule has 0 N–H and O–H groups in total. The van der Waals surface area contributed by atoms with Gasteiger partial charge >= 0.3 is 0 Å². The molecule has 0 amide bonds. The second kappa shape index (κ2) is 4.22. The van der Waals surface area contributed by atoms with Gasteiger partial charge in [0.2, 0.25) is 0 Å². The van der Waals surface area contributed by atoms with Gasteiger partial charge in [0.1, 0.15) is 5.78 Å². The van der Waals surface area contributed by atoms with E-state index in [1.54, 1.807) is 0 Å². The third-order valence-corrected chi connectivity index (χ3v) is 4.84.